The predicted octanol–water partition coefficient (Wildman–Crippen LogP) is 2.40. The van der Waals surface area contributed by atoms with Gasteiger partial charge in [-0.3, -0.25) is 9.69 Å². The monoisotopic (exact) mass is 409 g/mol. The molecular formula is C18H24ClN5O4. The van der Waals surface area contributed by atoms with Crippen LogP contribution in [0.15, 0.2) is 12.3 Å². The van der Waals surface area contributed by atoms with Crippen molar-refractivity contribution in [3.63, 3.8) is 0 Å². The fourth-order valence-corrected chi connectivity index (χ4v) is 3.27. The SMILES string of the molecule is CN(C(=O)OC(C)(C)C)c1cc(Cl)nc2c(C(=O)NC3CC[C@H](O)C3)cnn12. The maximum absolute atomic E-state index is 12.7. The van der Waals surface area contributed by atoms with Crippen LogP contribution in [-0.2, 0) is 4.74 Å². The highest BCUT2D eigenvalue weighted by Crippen LogP contribution is 2.24. The second-order valence-electron chi connectivity index (χ2n) is 7.91. The number of nitrogens with zero attached hydrogens (tertiary/aromatic N) is 4. The molecule has 2 N–H and O–H groups in total. The standard InChI is InChI=1S/C18H24ClN5O4/c1-18(2,3)28-17(27)23(4)14-8-13(19)22-15-12(9-20-24(14)15)16(26)21-10-5-6-11(25)7-10/h8-11,25H,5-7H2,1-4H3,(H,21,26)/t10?,11-/m0/s1. The van der Waals surface area contributed by atoms with Crippen molar-refractivity contribution in [2.24, 2.45) is 0 Å². The van der Waals surface area contributed by atoms with Crippen molar-refractivity contribution >= 4 is 35.1 Å². The minimum atomic E-state index is -0.664. The van der Waals surface area contributed by atoms with E-state index >= 15 is 0 Å². The third-order valence-corrected chi connectivity index (χ3v) is 4.61. The first-order valence-corrected chi connectivity index (χ1v) is 9.43. The van der Waals surface area contributed by atoms with Crippen molar-refractivity contribution in [1.29, 1.82) is 0 Å². The second kappa shape index (κ2) is 7.56. The van der Waals surface area contributed by atoms with Crippen molar-refractivity contribution in [3.05, 3.63) is 23.0 Å². The molecule has 2 aromatic rings. The highest BCUT2D eigenvalue weighted by Gasteiger charge is 2.27. The molecule has 1 aliphatic carbocycles. The van der Waals surface area contributed by atoms with E-state index in [1.54, 1.807) is 20.8 Å². The third-order valence-electron chi connectivity index (χ3n) is 4.42. The van der Waals surface area contributed by atoms with E-state index in [0.717, 1.165) is 0 Å². The van der Waals surface area contributed by atoms with E-state index in [9.17, 15) is 14.7 Å². The molecule has 2 heterocycles. The van der Waals surface area contributed by atoms with Gasteiger partial charge in [-0.05, 0) is 40.0 Å². The quantitative estimate of drug-likeness (QED) is 0.753. The Morgan fingerprint density at radius 3 is 2.71 bits per heavy atom. The molecule has 1 unspecified atom stereocenters. The normalized spacial score (nSPS) is 19.6. The number of aliphatic hydroxyl groups is 1. The summed E-state index contributed by atoms with van der Waals surface area (Å²) in [5, 5.41) is 16.8. The smallest absolute Gasteiger partial charge is 0.415 e. The summed E-state index contributed by atoms with van der Waals surface area (Å²) in [6, 6.07) is 1.38. The fraction of sp³-hybridized carbons (Fsp3) is 0.556. The Hall–Kier alpha value is -2.39. The van der Waals surface area contributed by atoms with Gasteiger partial charge >= 0.3 is 6.09 Å². The number of aromatic nitrogens is 3. The molecule has 0 radical (unpaired) electrons. The minimum Gasteiger partial charge on any atom is -0.443 e. The average Bonchev–Trinajstić information content (AvgIpc) is 3.17. The molecule has 0 saturated heterocycles. The van der Waals surface area contributed by atoms with E-state index in [-0.39, 0.29) is 28.3 Å². The lowest BCUT2D eigenvalue weighted by molar-refractivity contribution is 0.0587. The van der Waals surface area contributed by atoms with Gasteiger partial charge in [-0.2, -0.15) is 9.61 Å². The lowest BCUT2D eigenvalue weighted by atomic mass is 10.2. The first-order valence-electron chi connectivity index (χ1n) is 9.05. The van der Waals surface area contributed by atoms with Gasteiger partial charge in [-0.1, -0.05) is 11.6 Å². The molecule has 9 nitrogen and oxygen atoms in total. The number of amides is 2. The molecule has 2 amide bonds. The summed E-state index contributed by atoms with van der Waals surface area (Å²) in [5.41, 5.74) is -0.195. The average molecular weight is 410 g/mol. The van der Waals surface area contributed by atoms with Gasteiger partial charge in [0.1, 0.15) is 22.1 Å². The zero-order valence-corrected chi connectivity index (χ0v) is 17.0. The summed E-state index contributed by atoms with van der Waals surface area (Å²) in [6.07, 6.45) is 2.30. The van der Waals surface area contributed by atoms with Crippen LogP contribution in [0.1, 0.15) is 50.4 Å². The van der Waals surface area contributed by atoms with Gasteiger partial charge in [0, 0.05) is 19.2 Å². The number of halogens is 1. The Morgan fingerprint density at radius 1 is 1.39 bits per heavy atom. The molecule has 152 valence electrons. The number of carbonyl (C=O) groups excluding carboxylic acids is 2. The van der Waals surface area contributed by atoms with Crippen LogP contribution in [0, 0.1) is 0 Å². The van der Waals surface area contributed by atoms with Crippen LogP contribution < -0.4 is 10.2 Å². The topological polar surface area (TPSA) is 109 Å². The first-order chi connectivity index (χ1) is 13.0. The zero-order chi connectivity index (χ0) is 20.6. The molecule has 2 aromatic heterocycles. The van der Waals surface area contributed by atoms with Gasteiger partial charge in [-0.25, -0.2) is 9.78 Å². The molecule has 10 heteroatoms. The Labute approximate surface area is 167 Å². The van der Waals surface area contributed by atoms with Crippen LogP contribution in [0.5, 0.6) is 0 Å². The molecule has 0 spiro atoms. The van der Waals surface area contributed by atoms with Gasteiger partial charge in [0.25, 0.3) is 5.91 Å². The van der Waals surface area contributed by atoms with Gasteiger partial charge in [0.15, 0.2) is 5.65 Å². The highest BCUT2D eigenvalue weighted by atomic mass is 35.5. The first kappa shape index (κ1) is 20.3. The fourth-order valence-electron chi connectivity index (χ4n) is 3.09. The van der Waals surface area contributed by atoms with Gasteiger partial charge in [0.05, 0.1) is 12.3 Å². The number of fused-ring (bicyclic) bond motifs is 1. The number of rotatable bonds is 3. The van der Waals surface area contributed by atoms with Crippen LogP contribution >= 0.6 is 11.6 Å². The van der Waals surface area contributed by atoms with E-state index in [4.69, 9.17) is 16.3 Å². The summed E-state index contributed by atoms with van der Waals surface area (Å²) in [6.45, 7) is 5.30. The Bertz CT molecular complexity index is 907. The summed E-state index contributed by atoms with van der Waals surface area (Å²) in [4.78, 5) is 30.5. The molecule has 1 fully saturated rings. The van der Waals surface area contributed by atoms with Crippen LogP contribution in [0.25, 0.3) is 5.65 Å². The molecule has 0 aliphatic heterocycles. The van der Waals surface area contributed by atoms with Crippen molar-refractivity contribution in [2.75, 3.05) is 11.9 Å². The summed E-state index contributed by atoms with van der Waals surface area (Å²) < 4.78 is 6.74. The lowest BCUT2D eigenvalue weighted by Gasteiger charge is -2.24. The number of aliphatic hydroxyl groups excluding tert-OH is 1. The Balaban J connectivity index is 1.90. The third kappa shape index (κ3) is 4.36. The number of hydrogen-bond donors (Lipinski definition) is 2. The Kier molecular flexibility index (Phi) is 5.49. The van der Waals surface area contributed by atoms with E-state index in [0.29, 0.717) is 25.1 Å². The molecular weight excluding hydrogens is 386 g/mol. The maximum atomic E-state index is 12.7. The summed E-state index contributed by atoms with van der Waals surface area (Å²) >= 11 is 6.13. The molecule has 2 atom stereocenters. The molecule has 1 saturated carbocycles. The number of ether oxygens (including phenoxy) is 1. The van der Waals surface area contributed by atoms with E-state index in [2.05, 4.69) is 15.4 Å². The molecule has 28 heavy (non-hydrogen) atoms. The van der Waals surface area contributed by atoms with Crippen LogP contribution in [0.2, 0.25) is 5.15 Å². The van der Waals surface area contributed by atoms with Crippen LogP contribution in [0.3, 0.4) is 0 Å². The van der Waals surface area contributed by atoms with Crippen molar-refractivity contribution in [2.45, 2.75) is 57.8 Å². The Morgan fingerprint density at radius 2 is 2.11 bits per heavy atom. The van der Waals surface area contributed by atoms with Gasteiger partial charge in [0.2, 0.25) is 0 Å². The number of nitrogens with one attached hydrogen (secondary N) is 1. The predicted molar refractivity (Wildman–Crippen MR) is 104 cm³/mol. The van der Waals surface area contributed by atoms with E-state index in [1.165, 1.54) is 28.7 Å². The molecule has 3 rings (SSSR count). The second-order valence-corrected chi connectivity index (χ2v) is 8.29. The highest BCUT2D eigenvalue weighted by molar-refractivity contribution is 6.30. The number of hydrogen-bond acceptors (Lipinski definition) is 6. The summed E-state index contributed by atoms with van der Waals surface area (Å²) in [5.74, 6) is -0.0330. The number of anilines is 1. The van der Waals surface area contributed by atoms with Crippen molar-refractivity contribution in [1.82, 2.24) is 19.9 Å². The van der Waals surface area contributed by atoms with Crippen LogP contribution in [-0.4, -0.2) is 56.5 Å². The van der Waals surface area contributed by atoms with E-state index < -0.39 is 17.8 Å². The summed E-state index contributed by atoms with van der Waals surface area (Å²) in [7, 11) is 1.53. The lowest BCUT2D eigenvalue weighted by Crippen LogP contribution is -2.35. The van der Waals surface area contributed by atoms with Crippen molar-refractivity contribution < 1.29 is 19.4 Å². The largest absolute Gasteiger partial charge is 0.443 e. The van der Waals surface area contributed by atoms with Gasteiger partial charge in [-0.15, -0.1) is 0 Å². The molecule has 0 aromatic carbocycles. The zero-order valence-electron chi connectivity index (χ0n) is 16.3. The maximum Gasteiger partial charge on any atom is 0.415 e. The van der Waals surface area contributed by atoms with Crippen LogP contribution in [0.4, 0.5) is 10.6 Å². The number of carbonyl (C=O) groups is 2. The van der Waals surface area contributed by atoms with E-state index in [1.807, 2.05) is 0 Å². The van der Waals surface area contributed by atoms with Crippen molar-refractivity contribution in [3.8, 4) is 0 Å². The molecule has 0 bridgehead atoms. The molecule has 1 aliphatic rings. The van der Waals surface area contributed by atoms with Gasteiger partial charge < -0.3 is 15.2 Å². The minimum absolute atomic E-state index is 0.0967.